The molecule has 0 aliphatic heterocycles. The van der Waals surface area contributed by atoms with Crippen molar-refractivity contribution in [3.8, 4) is 5.75 Å². The number of aryl methyl sites for hydroxylation is 1. The van der Waals surface area contributed by atoms with E-state index in [-0.39, 0.29) is 5.91 Å². The number of carbonyl (C=O) groups excluding carboxylic acids is 1. The van der Waals surface area contributed by atoms with Crippen molar-refractivity contribution in [2.75, 3.05) is 0 Å². The molecular weight excluding hydrogens is 286 g/mol. The van der Waals surface area contributed by atoms with E-state index < -0.39 is 6.10 Å². The molecule has 0 spiro atoms. The van der Waals surface area contributed by atoms with Crippen LogP contribution in [-0.4, -0.2) is 12.0 Å². The van der Waals surface area contributed by atoms with Gasteiger partial charge in [-0.25, -0.2) is 0 Å². The van der Waals surface area contributed by atoms with Gasteiger partial charge in [0.25, 0.3) is 5.91 Å². The fourth-order valence-corrected chi connectivity index (χ4v) is 2.14. The molecule has 1 amide bonds. The molecule has 1 atom stereocenters. The number of benzene rings is 2. The minimum absolute atomic E-state index is 0.145. The molecule has 0 heterocycles. The van der Waals surface area contributed by atoms with Gasteiger partial charge in [0, 0.05) is 11.6 Å². The predicted molar refractivity (Wildman–Crippen MR) is 84.6 cm³/mol. The maximum atomic E-state index is 12.0. The quantitative estimate of drug-likeness (QED) is 0.914. The van der Waals surface area contributed by atoms with Crippen LogP contribution in [0.15, 0.2) is 48.5 Å². The van der Waals surface area contributed by atoms with Gasteiger partial charge in [0.15, 0.2) is 6.10 Å². The Labute approximate surface area is 129 Å². The van der Waals surface area contributed by atoms with E-state index in [4.69, 9.17) is 16.3 Å². The van der Waals surface area contributed by atoms with E-state index in [9.17, 15) is 4.79 Å². The Hall–Kier alpha value is -2.00. The van der Waals surface area contributed by atoms with Gasteiger partial charge in [-0.1, -0.05) is 41.9 Å². The lowest BCUT2D eigenvalue weighted by atomic mass is 10.2. The van der Waals surface area contributed by atoms with Crippen LogP contribution >= 0.6 is 11.6 Å². The zero-order valence-corrected chi connectivity index (χ0v) is 12.9. The third-order valence-corrected chi connectivity index (χ3v) is 3.35. The molecule has 1 N–H and O–H groups in total. The van der Waals surface area contributed by atoms with Crippen LogP contribution < -0.4 is 10.1 Å². The van der Waals surface area contributed by atoms with Crippen LogP contribution in [0.3, 0.4) is 0 Å². The maximum Gasteiger partial charge on any atom is 0.261 e. The Morgan fingerprint density at radius 1 is 1.24 bits per heavy atom. The molecule has 3 nitrogen and oxygen atoms in total. The normalized spacial score (nSPS) is 11.8. The van der Waals surface area contributed by atoms with Crippen LogP contribution in [0.4, 0.5) is 0 Å². The highest BCUT2D eigenvalue weighted by Gasteiger charge is 2.15. The second-order valence-corrected chi connectivity index (χ2v) is 5.31. The van der Waals surface area contributed by atoms with Gasteiger partial charge in [-0.3, -0.25) is 4.79 Å². The number of hydrogen-bond donors (Lipinski definition) is 1. The highest BCUT2D eigenvalue weighted by atomic mass is 35.5. The van der Waals surface area contributed by atoms with Crippen molar-refractivity contribution in [1.29, 1.82) is 0 Å². The highest BCUT2D eigenvalue weighted by molar-refractivity contribution is 6.30. The fraction of sp³-hybridized carbons (Fsp3) is 0.235. The van der Waals surface area contributed by atoms with E-state index in [1.807, 2.05) is 43.3 Å². The number of hydrogen-bond acceptors (Lipinski definition) is 2. The summed E-state index contributed by atoms with van der Waals surface area (Å²) in [4.78, 5) is 12.0. The first kappa shape index (κ1) is 15.4. The molecule has 4 heteroatoms. The molecule has 110 valence electrons. The number of halogens is 1. The van der Waals surface area contributed by atoms with Crippen LogP contribution in [0.2, 0.25) is 5.02 Å². The number of rotatable bonds is 5. The molecule has 0 fully saturated rings. The molecule has 0 aliphatic rings. The monoisotopic (exact) mass is 303 g/mol. The minimum atomic E-state index is -0.561. The van der Waals surface area contributed by atoms with Crippen molar-refractivity contribution in [1.82, 2.24) is 5.32 Å². The molecule has 0 saturated heterocycles. The average Bonchev–Trinajstić information content (AvgIpc) is 2.48. The number of nitrogens with one attached hydrogen (secondary N) is 1. The largest absolute Gasteiger partial charge is 0.481 e. The Morgan fingerprint density at radius 3 is 2.62 bits per heavy atom. The van der Waals surface area contributed by atoms with Crippen molar-refractivity contribution in [3.05, 3.63) is 64.7 Å². The van der Waals surface area contributed by atoms with E-state index in [1.54, 1.807) is 19.1 Å². The SMILES string of the molecule is Cc1cc(Cl)ccc1OC(C)C(=O)NCc1ccccc1. The maximum absolute atomic E-state index is 12.0. The third-order valence-electron chi connectivity index (χ3n) is 3.12. The lowest BCUT2D eigenvalue weighted by molar-refractivity contribution is -0.127. The summed E-state index contributed by atoms with van der Waals surface area (Å²) in [6.45, 7) is 4.12. The van der Waals surface area contributed by atoms with Crippen LogP contribution in [-0.2, 0) is 11.3 Å². The summed E-state index contributed by atoms with van der Waals surface area (Å²) >= 11 is 5.90. The number of ether oxygens (including phenoxy) is 1. The van der Waals surface area contributed by atoms with E-state index in [0.717, 1.165) is 11.1 Å². The van der Waals surface area contributed by atoms with E-state index in [2.05, 4.69) is 5.32 Å². The number of amides is 1. The van der Waals surface area contributed by atoms with Gasteiger partial charge >= 0.3 is 0 Å². The molecule has 0 radical (unpaired) electrons. The molecule has 0 bridgehead atoms. The van der Waals surface area contributed by atoms with E-state index in [0.29, 0.717) is 17.3 Å². The molecule has 21 heavy (non-hydrogen) atoms. The summed E-state index contributed by atoms with van der Waals surface area (Å²) in [5.41, 5.74) is 1.96. The Morgan fingerprint density at radius 2 is 1.95 bits per heavy atom. The van der Waals surface area contributed by atoms with Crippen molar-refractivity contribution in [2.24, 2.45) is 0 Å². The lowest BCUT2D eigenvalue weighted by Crippen LogP contribution is -2.36. The topological polar surface area (TPSA) is 38.3 Å². The van der Waals surface area contributed by atoms with Gasteiger partial charge in [-0.2, -0.15) is 0 Å². The summed E-state index contributed by atoms with van der Waals surface area (Å²) in [5.74, 6) is 0.523. The molecule has 0 aliphatic carbocycles. The van der Waals surface area contributed by atoms with Gasteiger partial charge in [-0.05, 0) is 43.2 Å². The second-order valence-electron chi connectivity index (χ2n) is 4.87. The standard InChI is InChI=1S/C17H18ClNO2/c1-12-10-15(18)8-9-16(12)21-13(2)17(20)19-11-14-6-4-3-5-7-14/h3-10,13H,11H2,1-2H3,(H,19,20). The van der Waals surface area contributed by atoms with Gasteiger partial charge in [0.05, 0.1) is 0 Å². The summed E-state index contributed by atoms with van der Waals surface area (Å²) in [6, 6.07) is 15.1. The highest BCUT2D eigenvalue weighted by Crippen LogP contribution is 2.22. The molecule has 2 aromatic rings. The van der Waals surface area contributed by atoms with Crippen LogP contribution in [0, 0.1) is 6.92 Å². The fourth-order valence-electron chi connectivity index (χ4n) is 1.92. The summed E-state index contributed by atoms with van der Waals surface area (Å²) in [5, 5.41) is 3.51. The van der Waals surface area contributed by atoms with Crippen molar-refractivity contribution >= 4 is 17.5 Å². The Kier molecular flexibility index (Phi) is 5.23. The van der Waals surface area contributed by atoms with E-state index >= 15 is 0 Å². The van der Waals surface area contributed by atoms with Crippen molar-refractivity contribution < 1.29 is 9.53 Å². The van der Waals surface area contributed by atoms with Gasteiger partial charge in [0.1, 0.15) is 5.75 Å². The molecular formula is C17H18ClNO2. The van der Waals surface area contributed by atoms with E-state index in [1.165, 1.54) is 0 Å². The van der Waals surface area contributed by atoms with Crippen LogP contribution in [0.25, 0.3) is 0 Å². The first-order chi connectivity index (χ1) is 10.1. The molecule has 2 rings (SSSR count). The van der Waals surface area contributed by atoms with Gasteiger partial charge < -0.3 is 10.1 Å². The zero-order valence-electron chi connectivity index (χ0n) is 12.1. The van der Waals surface area contributed by atoms with Gasteiger partial charge in [-0.15, -0.1) is 0 Å². The molecule has 1 unspecified atom stereocenters. The smallest absolute Gasteiger partial charge is 0.261 e. The Balaban J connectivity index is 1.90. The van der Waals surface area contributed by atoms with Crippen molar-refractivity contribution in [2.45, 2.75) is 26.5 Å². The lowest BCUT2D eigenvalue weighted by Gasteiger charge is -2.16. The first-order valence-corrected chi connectivity index (χ1v) is 7.18. The summed E-state index contributed by atoms with van der Waals surface area (Å²) in [7, 11) is 0. The molecule has 2 aromatic carbocycles. The second kappa shape index (κ2) is 7.14. The molecule has 0 saturated carbocycles. The minimum Gasteiger partial charge on any atom is -0.481 e. The third kappa shape index (κ3) is 4.50. The predicted octanol–water partition coefficient (Wildman–Crippen LogP) is 3.73. The molecule has 0 aromatic heterocycles. The summed E-state index contributed by atoms with van der Waals surface area (Å²) in [6.07, 6.45) is -0.561. The zero-order chi connectivity index (χ0) is 15.2. The van der Waals surface area contributed by atoms with Crippen molar-refractivity contribution in [3.63, 3.8) is 0 Å². The van der Waals surface area contributed by atoms with Gasteiger partial charge in [0.2, 0.25) is 0 Å². The summed E-state index contributed by atoms with van der Waals surface area (Å²) < 4.78 is 5.68. The first-order valence-electron chi connectivity index (χ1n) is 6.80. The van der Waals surface area contributed by atoms with Crippen LogP contribution in [0.5, 0.6) is 5.75 Å². The van der Waals surface area contributed by atoms with Crippen LogP contribution in [0.1, 0.15) is 18.1 Å². The number of carbonyl (C=O) groups is 1. The Bertz CT molecular complexity index is 613. The average molecular weight is 304 g/mol.